The van der Waals surface area contributed by atoms with E-state index in [2.05, 4.69) is 21.2 Å². The molecule has 0 saturated carbocycles. The molecule has 0 aliphatic carbocycles. The summed E-state index contributed by atoms with van der Waals surface area (Å²) in [6.07, 6.45) is 0. The summed E-state index contributed by atoms with van der Waals surface area (Å²) in [4.78, 5) is 12.2. The second kappa shape index (κ2) is 6.68. The van der Waals surface area contributed by atoms with Crippen LogP contribution in [0.3, 0.4) is 0 Å². The molecule has 0 fully saturated rings. The molecule has 2 aromatic carbocycles. The average Bonchev–Trinajstić information content (AvgIpc) is 2.47. The number of rotatable bonds is 4. The van der Waals surface area contributed by atoms with Gasteiger partial charge in [0, 0.05) is 16.6 Å². The molecular formula is C16H17BrN2O. The Labute approximate surface area is 127 Å². The molecule has 3 nitrogen and oxygen atoms in total. The Bertz CT molecular complexity index is 596. The Balaban J connectivity index is 2.09. The first kappa shape index (κ1) is 14.8. The number of nitrogens with two attached hydrogens (primary N) is 1. The zero-order valence-corrected chi connectivity index (χ0v) is 12.9. The monoisotopic (exact) mass is 332 g/mol. The summed E-state index contributed by atoms with van der Waals surface area (Å²) >= 11 is 3.50. The lowest BCUT2D eigenvalue weighted by Gasteiger charge is -2.16. The van der Waals surface area contributed by atoms with Gasteiger partial charge in [0.2, 0.25) is 0 Å². The second-order valence-electron chi connectivity index (χ2n) is 4.62. The minimum atomic E-state index is -0.0863. The fraction of sp³-hybridized carbons (Fsp3) is 0.188. The van der Waals surface area contributed by atoms with Crippen LogP contribution in [0.25, 0.3) is 0 Å². The summed E-state index contributed by atoms with van der Waals surface area (Å²) in [6, 6.07) is 15.1. The molecule has 0 aliphatic heterocycles. The van der Waals surface area contributed by atoms with Crippen molar-refractivity contribution in [3.05, 3.63) is 69.7 Å². The van der Waals surface area contributed by atoms with E-state index in [0.717, 1.165) is 15.6 Å². The second-order valence-corrected chi connectivity index (χ2v) is 5.47. The third-order valence-electron chi connectivity index (χ3n) is 3.17. The number of carbonyl (C=O) groups is 1. The molecule has 2 aromatic rings. The van der Waals surface area contributed by atoms with Gasteiger partial charge in [-0.3, -0.25) is 4.79 Å². The van der Waals surface area contributed by atoms with E-state index in [1.165, 1.54) is 0 Å². The van der Waals surface area contributed by atoms with E-state index in [0.29, 0.717) is 12.1 Å². The molecule has 3 N–H and O–H groups in total. The van der Waals surface area contributed by atoms with E-state index in [1.54, 1.807) is 12.1 Å². The van der Waals surface area contributed by atoms with E-state index in [1.807, 2.05) is 43.3 Å². The fourth-order valence-corrected chi connectivity index (χ4v) is 2.60. The van der Waals surface area contributed by atoms with Gasteiger partial charge in [0.25, 0.3) is 5.91 Å². The molecule has 0 radical (unpaired) electrons. The number of nitrogens with one attached hydrogen (secondary N) is 1. The molecule has 0 heterocycles. The quantitative estimate of drug-likeness (QED) is 0.901. The first-order valence-electron chi connectivity index (χ1n) is 6.46. The maximum Gasteiger partial charge on any atom is 0.251 e. The Kier molecular flexibility index (Phi) is 4.93. The van der Waals surface area contributed by atoms with E-state index < -0.39 is 0 Å². The summed E-state index contributed by atoms with van der Waals surface area (Å²) in [5.74, 6) is -0.0863. The molecule has 4 heteroatoms. The van der Waals surface area contributed by atoms with E-state index >= 15 is 0 Å². The summed E-state index contributed by atoms with van der Waals surface area (Å²) in [7, 11) is 0. The van der Waals surface area contributed by atoms with Gasteiger partial charge in [-0.2, -0.15) is 0 Å². The number of benzene rings is 2. The van der Waals surface area contributed by atoms with Gasteiger partial charge < -0.3 is 11.1 Å². The molecule has 0 saturated heterocycles. The van der Waals surface area contributed by atoms with E-state index in [-0.39, 0.29) is 11.9 Å². The lowest BCUT2D eigenvalue weighted by Crippen LogP contribution is -2.26. The predicted molar refractivity (Wildman–Crippen MR) is 84.4 cm³/mol. The van der Waals surface area contributed by atoms with Crippen molar-refractivity contribution in [2.45, 2.75) is 19.5 Å². The van der Waals surface area contributed by atoms with Crippen LogP contribution >= 0.6 is 15.9 Å². The van der Waals surface area contributed by atoms with Gasteiger partial charge in [-0.15, -0.1) is 0 Å². The molecule has 0 bridgehead atoms. The van der Waals surface area contributed by atoms with Crippen molar-refractivity contribution in [2.24, 2.45) is 5.73 Å². The van der Waals surface area contributed by atoms with Crippen molar-refractivity contribution in [3.63, 3.8) is 0 Å². The Morgan fingerprint density at radius 1 is 1.20 bits per heavy atom. The minimum Gasteiger partial charge on any atom is -0.345 e. The highest BCUT2D eigenvalue weighted by Crippen LogP contribution is 2.23. The van der Waals surface area contributed by atoms with Crippen molar-refractivity contribution in [1.29, 1.82) is 0 Å². The fourth-order valence-electron chi connectivity index (χ4n) is 1.98. The zero-order valence-electron chi connectivity index (χ0n) is 11.3. The summed E-state index contributed by atoms with van der Waals surface area (Å²) in [5, 5.41) is 2.99. The molecule has 2 rings (SSSR count). The number of hydrogen-bond acceptors (Lipinski definition) is 2. The summed E-state index contributed by atoms with van der Waals surface area (Å²) in [6.45, 7) is 2.45. The lowest BCUT2D eigenvalue weighted by atomic mass is 10.1. The van der Waals surface area contributed by atoms with Crippen molar-refractivity contribution in [1.82, 2.24) is 5.32 Å². The predicted octanol–water partition coefficient (Wildman–Crippen LogP) is 3.40. The van der Waals surface area contributed by atoms with Crippen LogP contribution in [0.5, 0.6) is 0 Å². The minimum absolute atomic E-state index is 0.0627. The third kappa shape index (κ3) is 3.46. The Hall–Kier alpha value is -1.65. The highest BCUT2D eigenvalue weighted by Gasteiger charge is 2.13. The van der Waals surface area contributed by atoms with Crippen LogP contribution in [-0.4, -0.2) is 5.91 Å². The molecule has 0 spiro atoms. The number of amides is 1. The highest BCUT2D eigenvalue weighted by molar-refractivity contribution is 9.10. The first-order valence-corrected chi connectivity index (χ1v) is 7.25. The first-order chi connectivity index (χ1) is 9.61. The van der Waals surface area contributed by atoms with Gasteiger partial charge in [-0.25, -0.2) is 0 Å². The highest BCUT2D eigenvalue weighted by atomic mass is 79.9. The molecular weight excluding hydrogens is 316 g/mol. The van der Waals surface area contributed by atoms with Crippen molar-refractivity contribution in [2.75, 3.05) is 0 Å². The van der Waals surface area contributed by atoms with Gasteiger partial charge in [-0.1, -0.05) is 46.3 Å². The van der Waals surface area contributed by atoms with Gasteiger partial charge in [0.15, 0.2) is 0 Å². The van der Waals surface area contributed by atoms with Crippen molar-refractivity contribution in [3.8, 4) is 0 Å². The van der Waals surface area contributed by atoms with Gasteiger partial charge in [0.1, 0.15) is 0 Å². The average molecular weight is 333 g/mol. The lowest BCUT2D eigenvalue weighted by molar-refractivity contribution is 0.0940. The van der Waals surface area contributed by atoms with Crippen LogP contribution in [0.2, 0.25) is 0 Å². The number of hydrogen-bond donors (Lipinski definition) is 2. The van der Waals surface area contributed by atoms with Crippen LogP contribution in [0.1, 0.15) is 34.5 Å². The van der Waals surface area contributed by atoms with Crippen LogP contribution in [0.15, 0.2) is 53.0 Å². The topological polar surface area (TPSA) is 55.1 Å². The third-order valence-corrected chi connectivity index (χ3v) is 3.89. The van der Waals surface area contributed by atoms with Crippen molar-refractivity contribution < 1.29 is 4.79 Å². The Morgan fingerprint density at radius 3 is 2.45 bits per heavy atom. The number of halogens is 1. The molecule has 0 unspecified atom stereocenters. The SMILES string of the molecule is C[C@@H](NC(=O)c1ccc(CN)cc1)c1ccccc1Br. The summed E-state index contributed by atoms with van der Waals surface area (Å²) < 4.78 is 0.992. The summed E-state index contributed by atoms with van der Waals surface area (Å²) in [5.41, 5.74) is 8.25. The Morgan fingerprint density at radius 2 is 1.85 bits per heavy atom. The molecule has 1 amide bonds. The molecule has 0 aliphatic rings. The van der Waals surface area contributed by atoms with Crippen molar-refractivity contribution >= 4 is 21.8 Å². The smallest absolute Gasteiger partial charge is 0.251 e. The molecule has 0 aromatic heterocycles. The van der Waals surface area contributed by atoms with Gasteiger partial charge in [-0.05, 0) is 36.2 Å². The van der Waals surface area contributed by atoms with E-state index in [4.69, 9.17) is 5.73 Å². The molecule has 104 valence electrons. The van der Waals surface area contributed by atoms with Gasteiger partial charge >= 0.3 is 0 Å². The van der Waals surface area contributed by atoms with Crippen LogP contribution in [-0.2, 0) is 6.54 Å². The standard InChI is InChI=1S/C16H17BrN2O/c1-11(14-4-2-3-5-15(14)17)19-16(20)13-8-6-12(10-18)7-9-13/h2-9,11H,10,18H2,1H3,(H,19,20)/t11-/m1/s1. The van der Waals surface area contributed by atoms with Crippen LogP contribution in [0.4, 0.5) is 0 Å². The molecule has 1 atom stereocenters. The van der Waals surface area contributed by atoms with E-state index in [9.17, 15) is 4.79 Å². The van der Waals surface area contributed by atoms with Crippen LogP contribution < -0.4 is 11.1 Å². The maximum absolute atomic E-state index is 12.2. The molecule has 20 heavy (non-hydrogen) atoms. The number of carbonyl (C=O) groups excluding carboxylic acids is 1. The van der Waals surface area contributed by atoms with Crippen LogP contribution in [0, 0.1) is 0 Å². The maximum atomic E-state index is 12.2. The van der Waals surface area contributed by atoms with Gasteiger partial charge in [0.05, 0.1) is 6.04 Å². The zero-order chi connectivity index (χ0) is 14.5. The normalized spacial score (nSPS) is 11.9. The largest absolute Gasteiger partial charge is 0.345 e.